The largest absolute Gasteiger partial charge is 0.316 e. The molecule has 3 rings (SSSR count). The lowest BCUT2D eigenvalue weighted by Gasteiger charge is -2.22. The number of benzene rings is 1. The monoisotopic (exact) mass is 276 g/mol. The maximum Gasteiger partial charge on any atom is 0.126 e. The zero-order chi connectivity index (χ0) is 13.6. The predicted octanol–water partition coefficient (Wildman–Crippen LogP) is 3.55. The number of thiazole rings is 1. The molecule has 1 heterocycles. The van der Waals surface area contributed by atoms with Gasteiger partial charge in [-0.15, -0.1) is 11.3 Å². The number of hydrogen-bond acceptors (Lipinski definition) is 3. The van der Waals surface area contributed by atoms with Gasteiger partial charge in [-0.2, -0.15) is 0 Å². The van der Waals surface area contributed by atoms with E-state index < -0.39 is 5.54 Å². The zero-order valence-corrected chi connectivity index (χ0v) is 11.9. The van der Waals surface area contributed by atoms with Gasteiger partial charge in [0.25, 0.3) is 0 Å². The normalized spacial score (nSPS) is 21.9. The maximum atomic E-state index is 13.8. The van der Waals surface area contributed by atoms with Gasteiger partial charge in [-0.3, -0.25) is 0 Å². The summed E-state index contributed by atoms with van der Waals surface area (Å²) in [5, 5.41) is 2.96. The predicted molar refractivity (Wildman–Crippen MR) is 75.9 cm³/mol. The van der Waals surface area contributed by atoms with E-state index >= 15 is 0 Å². The molecule has 1 aromatic heterocycles. The van der Waals surface area contributed by atoms with E-state index in [1.807, 2.05) is 6.07 Å². The molecule has 4 heteroatoms. The van der Waals surface area contributed by atoms with E-state index in [9.17, 15) is 4.39 Å². The number of fused-ring (bicyclic) bond motifs is 1. The highest BCUT2D eigenvalue weighted by Crippen LogP contribution is 2.42. The second-order valence-electron chi connectivity index (χ2n) is 5.47. The van der Waals surface area contributed by atoms with Crippen molar-refractivity contribution in [2.45, 2.75) is 38.1 Å². The van der Waals surface area contributed by atoms with Crippen LogP contribution in [-0.4, -0.2) is 4.98 Å². The van der Waals surface area contributed by atoms with Crippen molar-refractivity contribution in [3.63, 3.8) is 0 Å². The van der Waals surface area contributed by atoms with Crippen molar-refractivity contribution in [2.24, 2.45) is 5.73 Å². The summed E-state index contributed by atoms with van der Waals surface area (Å²) in [5.41, 5.74) is 8.66. The van der Waals surface area contributed by atoms with Gasteiger partial charge >= 0.3 is 0 Å². The van der Waals surface area contributed by atoms with Gasteiger partial charge in [0.05, 0.1) is 11.2 Å². The molecule has 19 heavy (non-hydrogen) atoms. The van der Waals surface area contributed by atoms with Crippen molar-refractivity contribution in [2.75, 3.05) is 0 Å². The number of aromatic nitrogens is 1. The minimum Gasteiger partial charge on any atom is -0.316 e. The van der Waals surface area contributed by atoms with Gasteiger partial charge in [-0.05, 0) is 36.0 Å². The fourth-order valence-electron chi connectivity index (χ4n) is 2.67. The van der Waals surface area contributed by atoms with Crippen LogP contribution in [0.3, 0.4) is 0 Å². The van der Waals surface area contributed by atoms with Crippen LogP contribution >= 0.6 is 11.3 Å². The van der Waals surface area contributed by atoms with Crippen LogP contribution in [0.25, 0.3) is 0 Å². The van der Waals surface area contributed by atoms with Crippen LogP contribution in [0.2, 0.25) is 0 Å². The average molecular weight is 276 g/mol. The van der Waals surface area contributed by atoms with Gasteiger partial charge in [-0.1, -0.05) is 26.0 Å². The Morgan fingerprint density at radius 1 is 1.42 bits per heavy atom. The number of nitrogens with two attached hydrogens (primary N) is 1. The first kappa shape index (κ1) is 12.8. The van der Waals surface area contributed by atoms with E-state index in [0.29, 0.717) is 12.3 Å². The summed E-state index contributed by atoms with van der Waals surface area (Å²) in [6, 6.07) is 5.17. The maximum absolute atomic E-state index is 13.8. The molecule has 2 nitrogen and oxygen atoms in total. The van der Waals surface area contributed by atoms with E-state index in [1.165, 1.54) is 6.07 Å². The first-order chi connectivity index (χ1) is 9.02. The molecule has 100 valence electrons. The molecule has 1 atom stereocenters. The molecule has 0 saturated carbocycles. The van der Waals surface area contributed by atoms with Crippen molar-refractivity contribution in [1.29, 1.82) is 0 Å². The second kappa shape index (κ2) is 4.39. The van der Waals surface area contributed by atoms with Crippen molar-refractivity contribution >= 4 is 11.3 Å². The Labute approximate surface area is 116 Å². The van der Waals surface area contributed by atoms with Gasteiger partial charge in [-0.25, -0.2) is 9.37 Å². The van der Waals surface area contributed by atoms with Crippen LogP contribution in [0.15, 0.2) is 23.6 Å². The summed E-state index contributed by atoms with van der Waals surface area (Å²) in [6.45, 7) is 4.23. The number of rotatable bonds is 2. The number of nitrogens with zero attached hydrogens (tertiary/aromatic N) is 1. The molecule has 0 radical (unpaired) electrons. The molecule has 0 bridgehead atoms. The summed E-state index contributed by atoms with van der Waals surface area (Å²) in [4.78, 5) is 4.66. The zero-order valence-electron chi connectivity index (χ0n) is 11.1. The van der Waals surface area contributed by atoms with E-state index in [0.717, 1.165) is 28.2 Å². The smallest absolute Gasteiger partial charge is 0.126 e. The van der Waals surface area contributed by atoms with Crippen molar-refractivity contribution < 1.29 is 4.39 Å². The van der Waals surface area contributed by atoms with Crippen LogP contribution in [-0.2, 0) is 12.0 Å². The lowest BCUT2D eigenvalue weighted by Crippen LogP contribution is -2.35. The summed E-state index contributed by atoms with van der Waals surface area (Å²) >= 11 is 1.58. The third kappa shape index (κ3) is 1.90. The molecule has 0 spiro atoms. The van der Waals surface area contributed by atoms with Crippen molar-refractivity contribution in [1.82, 2.24) is 4.98 Å². The average Bonchev–Trinajstić information content (AvgIpc) is 2.97. The fourth-order valence-corrected chi connectivity index (χ4v) is 3.80. The molecule has 1 aromatic carbocycles. The first-order valence-electron chi connectivity index (χ1n) is 6.55. The highest BCUT2D eigenvalue weighted by atomic mass is 32.1. The van der Waals surface area contributed by atoms with Crippen LogP contribution < -0.4 is 5.73 Å². The van der Waals surface area contributed by atoms with Gasteiger partial charge in [0.1, 0.15) is 10.8 Å². The standard InChI is InChI=1S/C15H17FN2S/c1-9(2)13-8-19-14(18-13)15(17)7-6-10-11(15)4-3-5-12(10)16/h3-5,8-9H,6-7,17H2,1-2H3. The van der Waals surface area contributed by atoms with E-state index in [1.54, 1.807) is 17.4 Å². The first-order valence-corrected chi connectivity index (χ1v) is 7.43. The third-order valence-electron chi connectivity index (χ3n) is 3.86. The Morgan fingerprint density at radius 3 is 2.89 bits per heavy atom. The second-order valence-corrected chi connectivity index (χ2v) is 6.33. The van der Waals surface area contributed by atoms with Crippen molar-refractivity contribution in [3.05, 3.63) is 51.2 Å². The highest BCUT2D eigenvalue weighted by Gasteiger charge is 2.40. The molecule has 0 aliphatic heterocycles. The Kier molecular flexibility index (Phi) is 2.95. The number of hydrogen-bond donors (Lipinski definition) is 1. The van der Waals surface area contributed by atoms with Crippen LogP contribution in [0.1, 0.15) is 48.0 Å². The Balaban J connectivity index is 2.08. The molecular weight excluding hydrogens is 259 g/mol. The quantitative estimate of drug-likeness (QED) is 0.911. The molecule has 0 fully saturated rings. The molecule has 2 N–H and O–H groups in total. The van der Waals surface area contributed by atoms with E-state index in [-0.39, 0.29) is 5.82 Å². The Morgan fingerprint density at radius 2 is 2.21 bits per heavy atom. The summed E-state index contributed by atoms with van der Waals surface area (Å²) in [6.07, 6.45) is 1.42. The van der Waals surface area contributed by atoms with Gasteiger partial charge < -0.3 is 5.73 Å². The van der Waals surface area contributed by atoms with Crippen LogP contribution in [0.5, 0.6) is 0 Å². The summed E-state index contributed by atoms with van der Waals surface area (Å²) in [7, 11) is 0. The Hall–Kier alpha value is -1.26. The van der Waals surface area contributed by atoms with Gasteiger partial charge in [0.15, 0.2) is 0 Å². The SMILES string of the molecule is CC(C)c1csc(C2(N)CCc3c(F)cccc32)n1. The van der Waals surface area contributed by atoms with E-state index in [4.69, 9.17) is 5.73 Å². The van der Waals surface area contributed by atoms with Crippen LogP contribution in [0, 0.1) is 5.82 Å². The minimum atomic E-state index is -0.616. The summed E-state index contributed by atoms with van der Waals surface area (Å²) < 4.78 is 13.8. The van der Waals surface area contributed by atoms with Gasteiger partial charge in [0.2, 0.25) is 0 Å². The third-order valence-corrected chi connectivity index (χ3v) is 4.90. The molecule has 1 unspecified atom stereocenters. The van der Waals surface area contributed by atoms with Crippen molar-refractivity contribution in [3.8, 4) is 0 Å². The molecule has 0 saturated heterocycles. The molecule has 2 aromatic rings. The minimum absolute atomic E-state index is 0.148. The molecule has 1 aliphatic rings. The van der Waals surface area contributed by atoms with E-state index in [2.05, 4.69) is 24.2 Å². The lowest BCUT2D eigenvalue weighted by atomic mass is 9.93. The molecule has 0 amide bonds. The number of halogens is 1. The summed E-state index contributed by atoms with van der Waals surface area (Å²) in [5.74, 6) is 0.243. The van der Waals surface area contributed by atoms with Crippen LogP contribution in [0.4, 0.5) is 4.39 Å². The highest BCUT2D eigenvalue weighted by molar-refractivity contribution is 7.09. The topological polar surface area (TPSA) is 38.9 Å². The fraction of sp³-hybridized carbons (Fsp3) is 0.400. The molecular formula is C15H17FN2S. The Bertz CT molecular complexity index is 620. The lowest BCUT2D eigenvalue weighted by molar-refractivity contribution is 0.529. The molecule has 1 aliphatic carbocycles. The van der Waals surface area contributed by atoms with Gasteiger partial charge in [0, 0.05) is 5.38 Å².